The van der Waals surface area contributed by atoms with E-state index in [-0.39, 0.29) is 34.3 Å². The van der Waals surface area contributed by atoms with E-state index in [9.17, 15) is 22.8 Å². The predicted octanol–water partition coefficient (Wildman–Crippen LogP) is 3.94. The van der Waals surface area contributed by atoms with Crippen LogP contribution in [0.15, 0.2) is 36.4 Å². The van der Waals surface area contributed by atoms with Crippen molar-refractivity contribution in [1.82, 2.24) is 0 Å². The Hall–Kier alpha value is -2.78. The number of carbonyl (C=O) groups is 2. The molecule has 0 amide bonds. The average Bonchev–Trinajstić information content (AvgIpc) is 2.71. The van der Waals surface area contributed by atoms with Crippen molar-refractivity contribution in [3.05, 3.63) is 58.1 Å². The molecule has 160 valence electrons. The van der Waals surface area contributed by atoms with E-state index in [2.05, 4.69) is 4.74 Å². The molecule has 0 fully saturated rings. The molecule has 2 N–H and O–H groups in total. The fraction of sp³-hybridized carbons (Fsp3) is 0.300. The van der Waals surface area contributed by atoms with Crippen LogP contribution in [0.25, 0.3) is 0 Å². The Bertz CT molecular complexity index is 979. The van der Waals surface area contributed by atoms with Gasteiger partial charge in [0.2, 0.25) is 0 Å². The zero-order valence-corrected chi connectivity index (χ0v) is 16.4. The number of nitrogens with two attached hydrogens (primary N) is 1. The van der Waals surface area contributed by atoms with E-state index in [0.29, 0.717) is 5.56 Å². The predicted molar refractivity (Wildman–Crippen MR) is 101 cm³/mol. The molecular weight excluding hydrogens is 427 g/mol. The Balaban J connectivity index is 1.96. The molecule has 0 bridgehead atoms. The number of hydrogen-bond donors (Lipinski definition) is 1. The molecule has 2 atom stereocenters. The number of rotatable bonds is 5. The third-order valence-electron chi connectivity index (χ3n) is 4.51. The van der Waals surface area contributed by atoms with Crippen molar-refractivity contribution >= 4 is 23.4 Å². The summed E-state index contributed by atoms with van der Waals surface area (Å²) in [5.74, 6) is -1.12. The first-order valence-electron chi connectivity index (χ1n) is 8.77. The Kier molecular flexibility index (Phi) is 6.23. The van der Waals surface area contributed by atoms with Gasteiger partial charge in [-0.15, -0.1) is 0 Å². The third-order valence-corrected chi connectivity index (χ3v) is 4.81. The lowest BCUT2D eigenvalue weighted by Crippen LogP contribution is -2.37. The lowest BCUT2D eigenvalue weighted by atomic mass is 9.95. The van der Waals surface area contributed by atoms with Gasteiger partial charge in [0.15, 0.2) is 5.78 Å². The minimum Gasteiger partial charge on any atom is -0.491 e. The van der Waals surface area contributed by atoms with Gasteiger partial charge >= 0.3 is 12.1 Å². The van der Waals surface area contributed by atoms with Gasteiger partial charge in [0.1, 0.15) is 30.3 Å². The minimum absolute atomic E-state index is 0.127. The van der Waals surface area contributed by atoms with Crippen molar-refractivity contribution in [2.75, 3.05) is 13.7 Å². The second kappa shape index (κ2) is 8.53. The van der Waals surface area contributed by atoms with Gasteiger partial charge in [-0.25, -0.2) is 0 Å². The standard InChI is InChI=1S/C20H17ClF3NO5/c1-28-19(27)14(25)9-29-16-7-10(20(22,23)24)5-6-12(16)17-8-15(26)11-3-2-4-13(21)18(11)30-17/h2-7,14,17H,8-9,25H2,1H3/t14-,17?/m0/s1. The normalized spacial score (nSPS) is 17.0. The number of carbonyl (C=O) groups excluding carboxylic acids is 2. The van der Waals surface area contributed by atoms with Crippen molar-refractivity contribution < 1.29 is 37.0 Å². The number of ketones is 1. The molecule has 1 aliphatic heterocycles. The number of ether oxygens (including phenoxy) is 3. The highest BCUT2D eigenvalue weighted by Crippen LogP contribution is 2.43. The molecule has 6 nitrogen and oxygen atoms in total. The Morgan fingerprint density at radius 2 is 2.07 bits per heavy atom. The summed E-state index contributed by atoms with van der Waals surface area (Å²) in [6, 6.07) is 6.29. The third kappa shape index (κ3) is 4.52. The molecule has 1 heterocycles. The topological polar surface area (TPSA) is 87.9 Å². The smallest absolute Gasteiger partial charge is 0.416 e. The van der Waals surface area contributed by atoms with Crippen LogP contribution in [0.4, 0.5) is 13.2 Å². The molecule has 30 heavy (non-hydrogen) atoms. The number of fused-ring (bicyclic) bond motifs is 1. The second-order valence-corrected chi connectivity index (χ2v) is 6.95. The number of para-hydroxylation sites is 1. The van der Waals surface area contributed by atoms with E-state index in [4.69, 9.17) is 26.8 Å². The average molecular weight is 444 g/mol. The number of Topliss-reactive ketones (excluding diaryl/α,β-unsaturated/α-hetero) is 1. The zero-order chi connectivity index (χ0) is 22.1. The highest BCUT2D eigenvalue weighted by molar-refractivity contribution is 6.32. The van der Waals surface area contributed by atoms with Gasteiger partial charge in [0.05, 0.1) is 29.7 Å². The molecular formula is C20H17ClF3NO5. The summed E-state index contributed by atoms with van der Waals surface area (Å²) in [4.78, 5) is 24.0. The molecule has 1 unspecified atom stereocenters. The van der Waals surface area contributed by atoms with E-state index >= 15 is 0 Å². The molecule has 0 saturated carbocycles. The molecule has 0 spiro atoms. The Labute approximate surface area is 174 Å². The molecule has 2 aromatic carbocycles. The van der Waals surface area contributed by atoms with Crippen molar-refractivity contribution in [2.45, 2.75) is 24.7 Å². The summed E-state index contributed by atoms with van der Waals surface area (Å²) >= 11 is 6.11. The minimum atomic E-state index is -4.62. The number of alkyl halides is 3. The van der Waals surface area contributed by atoms with Crippen LogP contribution in [0.5, 0.6) is 11.5 Å². The monoisotopic (exact) mass is 443 g/mol. The summed E-state index contributed by atoms with van der Waals surface area (Å²) < 4.78 is 55.3. The first-order valence-corrected chi connectivity index (χ1v) is 9.15. The van der Waals surface area contributed by atoms with Crippen LogP contribution in [-0.2, 0) is 15.7 Å². The SMILES string of the molecule is COC(=O)[C@@H](N)COc1cc(C(F)(F)F)ccc1C1CC(=O)c2cccc(Cl)c2O1. The zero-order valence-electron chi connectivity index (χ0n) is 15.7. The summed E-state index contributed by atoms with van der Waals surface area (Å²) in [7, 11) is 1.13. The fourth-order valence-electron chi connectivity index (χ4n) is 2.98. The lowest BCUT2D eigenvalue weighted by molar-refractivity contribution is -0.143. The molecule has 10 heteroatoms. The van der Waals surface area contributed by atoms with Crippen molar-refractivity contribution in [2.24, 2.45) is 5.73 Å². The largest absolute Gasteiger partial charge is 0.491 e. The number of methoxy groups -OCH3 is 1. The van der Waals surface area contributed by atoms with Crippen molar-refractivity contribution in [1.29, 1.82) is 0 Å². The second-order valence-electron chi connectivity index (χ2n) is 6.54. The van der Waals surface area contributed by atoms with Crippen LogP contribution in [0.1, 0.15) is 34.0 Å². The first kappa shape index (κ1) is 21.9. The fourth-order valence-corrected chi connectivity index (χ4v) is 3.20. The number of halogens is 4. The van der Waals surface area contributed by atoms with E-state index in [1.165, 1.54) is 12.1 Å². The molecule has 2 aromatic rings. The van der Waals surface area contributed by atoms with Crippen molar-refractivity contribution in [3.63, 3.8) is 0 Å². The number of esters is 1. The molecule has 0 radical (unpaired) electrons. The van der Waals surface area contributed by atoms with E-state index in [0.717, 1.165) is 19.2 Å². The first-order chi connectivity index (χ1) is 14.1. The van der Waals surface area contributed by atoms with Gasteiger partial charge in [-0.05, 0) is 24.3 Å². The van der Waals surface area contributed by atoms with Gasteiger partial charge in [0.25, 0.3) is 0 Å². The number of benzene rings is 2. The molecule has 0 saturated heterocycles. The van der Waals surface area contributed by atoms with Crippen molar-refractivity contribution in [3.8, 4) is 11.5 Å². The summed E-state index contributed by atoms with van der Waals surface area (Å²) in [6.07, 6.45) is -5.69. The highest BCUT2D eigenvalue weighted by Gasteiger charge is 2.35. The van der Waals surface area contributed by atoms with Crippen LogP contribution in [0.3, 0.4) is 0 Å². The van der Waals surface area contributed by atoms with Crippen LogP contribution < -0.4 is 15.2 Å². The maximum atomic E-state index is 13.2. The van der Waals surface area contributed by atoms with E-state index in [1.807, 2.05) is 0 Å². The maximum Gasteiger partial charge on any atom is 0.416 e. The van der Waals surface area contributed by atoms with Gasteiger partial charge < -0.3 is 19.9 Å². The summed E-state index contributed by atoms with van der Waals surface area (Å²) in [6.45, 7) is -0.432. The lowest BCUT2D eigenvalue weighted by Gasteiger charge is -2.28. The molecule has 0 aromatic heterocycles. The molecule has 1 aliphatic rings. The highest BCUT2D eigenvalue weighted by atomic mass is 35.5. The van der Waals surface area contributed by atoms with E-state index < -0.39 is 36.5 Å². The molecule has 3 rings (SSSR count). The van der Waals surface area contributed by atoms with Gasteiger partial charge in [-0.3, -0.25) is 9.59 Å². The van der Waals surface area contributed by atoms with Crippen LogP contribution in [0, 0.1) is 0 Å². The van der Waals surface area contributed by atoms with Crippen LogP contribution >= 0.6 is 11.6 Å². The van der Waals surface area contributed by atoms with Crippen LogP contribution in [-0.4, -0.2) is 31.5 Å². The quantitative estimate of drug-likeness (QED) is 0.704. The van der Waals surface area contributed by atoms with Gasteiger partial charge in [-0.2, -0.15) is 13.2 Å². The molecule has 0 aliphatic carbocycles. The summed E-state index contributed by atoms with van der Waals surface area (Å²) in [5.41, 5.74) is 5.13. The number of hydrogen-bond acceptors (Lipinski definition) is 6. The van der Waals surface area contributed by atoms with Gasteiger partial charge in [0, 0.05) is 5.56 Å². The maximum absolute atomic E-state index is 13.2. The Morgan fingerprint density at radius 3 is 2.73 bits per heavy atom. The Morgan fingerprint density at radius 1 is 1.33 bits per heavy atom. The summed E-state index contributed by atoms with van der Waals surface area (Å²) in [5, 5.41) is 0.202. The van der Waals surface area contributed by atoms with Crippen LogP contribution in [0.2, 0.25) is 5.02 Å². The van der Waals surface area contributed by atoms with E-state index in [1.54, 1.807) is 12.1 Å². The van der Waals surface area contributed by atoms with Gasteiger partial charge in [-0.1, -0.05) is 23.7 Å².